The first-order valence-electron chi connectivity index (χ1n) is 7.51. The van der Waals surface area contributed by atoms with Gasteiger partial charge in [-0.3, -0.25) is 0 Å². The number of hydrogen-bond donors (Lipinski definition) is 3. The van der Waals surface area contributed by atoms with Crippen molar-refractivity contribution in [1.29, 1.82) is 0 Å². The molecule has 3 heteroatoms. The van der Waals surface area contributed by atoms with Crippen LogP contribution in [-0.4, -0.2) is 23.7 Å². The highest BCUT2D eigenvalue weighted by Gasteiger charge is 2.39. The van der Waals surface area contributed by atoms with E-state index >= 15 is 0 Å². The van der Waals surface area contributed by atoms with E-state index < -0.39 is 0 Å². The summed E-state index contributed by atoms with van der Waals surface area (Å²) in [5.74, 6) is 0.647. The third kappa shape index (κ3) is 5.25. The van der Waals surface area contributed by atoms with Crippen LogP contribution in [0.5, 0.6) is 0 Å². The molecule has 0 aliphatic carbocycles. The lowest BCUT2D eigenvalue weighted by atomic mass is 9.72. The van der Waals surface area contributed by atoms with Crippen LogP contribution in [-0.2, 0) is 0 Å². The van der Waals surface area contributed by atoms with Gasteiger partial charge in [0.25, 0.3) is 0 Å². The maximum atomic E-state index is 6.41. The molecule has 0 amide bonds. The predicted molar refractivity (Wildman–Crippen MR) is 79.5 cm³/mol. The molecule has 0 spiro atoms. The molecule has 1 atom stereocenters. The first-order chi connectivity index (χ1) is 8.26. The molecule has 1 rings (SSSR count). The summed E-state index contributed by atoms with van der Waals surface area (Å²) in [6.45, 7) is 9.98. The molecular weight excluding hydrogens is 222 g/mol. The highest BCUT2D eigenvalue weighted by atomic mass is 15.1. The lowest BCUT2D eigenvalue weighted by molar-refractivity contribution is 0.110. The summed E-state index contributed by atoms with van der Waals surface area (Å²) in [6, 6.07) is 0.350. The van der Waals surface area contributed by atoms with Crippen LogP contribution in [0.2, 0.25) is 0 Å². The minimum atomic E-state index is 0.210. The molecule has 1 aliphatic rings. The van der Waals surface area contributed by atoms with Crippen LogP contribution in [0.25, 0.3) is 0 Å². The number of hydrogen-bond acceptors (Lipinski definition) is 3. The zero-order valence-corrected chi connectivity index (χ0v) is 12.8. The summed E-state index contributed by atoms with van der Waals surface area (Å²) < 4.78 is 0. The maximum absolute atomic E-state index is 6.41. The maximum Gasteiger partial charge on any atom is 0.0133 e. The van der Waals surface area contributed by atoms with Gasteiger partial charge in [0.05, 0.1) is 0 Å². The number of unbranched alkanes of at least 4 members (excludes halogenated alkanes) is 2. The predicted octanol–water partition coefficient (Wildman–Crippen LogP) is 2.39. The van der Waals surface area contributed by atoms with Crippen molar-refractivity contribution in [2.45, 2.75) is 83.3 Å². The van der Waals surface area contributed by atoms with Crippen LogP contribution in [0.1, 0.15) is 66.2 Å². The number of rotatable bonds is 6. The second kappa shape index (κ2) is 6.36. The fourth-order valence-corrected chi connectivity index (χ4v) is 3.64. The number of piperidine rings is 1. The first-order valence-corrected chi connectivity index (χ1v) is 7.51. The molecule has 108 valence electrons. The SMILES string of the molecule is CC1(C)CC([C@@H](N)CCCCCN)CC(C)(C)N1. The van der Waals surface area contributed by atoms with Gasteiger partial charge in [0.2, 0.25) is 0 Å². The minimum Gasteiger partial charge on any atom is -0.330 e. The van der Waals surface area contributed by atoms with Gasteiger partial charge in [0.15, 0.2) is 0 Å². The van der Waals surface area contributed by atoms with Gasteiger partial charge >= 0.3 is 0 Å². The summed E-state index contributed by atoms with van der Waals surface area (Å²) in [5.41, 5.74) is 12.4. The Balaban J connectivity index is 2.44. The van der Waals surface area contributed by atoms with Crippen molar-refractivity contribution in [2.75, 3.05) is 6.54 Å². The average Bonchev–Trinajstić information content (AvgIpc) is 2.19. The molecule has 0 radical (unpaired) electrons. The Hall–Kier alpha value is -0.120. The lowest BCUT2D eigenvalue weighted by Gasteiger charge is -2.48. The molecule has 0 unspecified atom stereocenters. The molecule has 0 saturated carbocycles. The Morgan fingerprint density at radius 1 is 1.06 bits per heavy atom. The molecule has 18 heavy (non-hydrogen) atoms. The van der Waals surface area contributed by atoms with Crippen molar-refractivity contribution in [3.05, 3.63) is 0 Å². The second-order valence-corrected chi connectivity index (χ2v) is 7.36. The highest BCUT2D eigenvalue weighted by molar-refractivity contribution is 4.99. The third-order valence-corrected chi connectivity index (χ3v) is 4.07. The van der Waals surface area contributed by atoms with Gasteiger partial charge in [-0.1, -0.05) is 12.8 Å². The molecule has 3 nitrogen and oxygen atoms in total. The van der Waals surface area contributed by atoms with E-state index in [4.69, 9.17) is 11.5 Å². The lowest BCUT2D eigenvalue weighted by Crippen LogP contribution is -2.60. The van der Waals surface area contributed by atoms with Crippen LogP contribution in [0.3, 0.4) is 0 Å². The summed E-state index contributed by atoms with van der Waals surface area (Å²) in [4.78, 5) is 0. The normalized spacial score (nSPS) is 25.0. The van der Waals surface area contributed by atoms with Gasteiger partial charge < -0.3 is 16.8 Å². The van der Waals surface area contributed by atoms with Crippen molar-refractivity contribution in [3.63, 3.8) is 0 Å². The van der Waals surface area contributed by atoms with Crippen molar-refractivity contribution in [1.82, 2.24) is 5.32 Å². The topological polar surface area (TPSA) is 64.1 Å². The van der Waals surface area contributed by atoms with E-state index in [-0.39, 0.29) is 11.1 Å². The highest BCUT2D eigenvalue weighted by Crippen LogP contribution is 2.35. The van der Waals surface area contributed by atoms with Crippen LogP contribution in [0.4, 0.5) is 0 Å². The molecular formula is C15H33N3. The van der Waals surface area contributed by atoms with Crippen molar-refractivity contribution in [3.8, 4) is 0 Å². The van der Waals surface area contributed by atoms with E-state index in [1.54, 1.807) is 0 Å². The smallest absolute Gasteiger partial charge is 0.0133 e. The van der Waals surface area contributed by atoms with Crippen LogP contribution in [0, 0.1) is 5.92 Å². The van der Waals surface area contributed by atoms with Gasteiger partial charge in [0, 0.05) is 17.1 Å². The van der Waals surface area contributed by atoms with Gasteiger partial charge in [-0.05, 0) is 65.8 Å². The van der Waals surface area contributed by atoms with Gasteiger partial charge in [-0.15, -0.1) is 0 Å². The summed E-state index contributed by atoms with van der Waals surface area (Å²) in [7, 11) is 0. The average molecular weight is 255 g/mol. The van der Waals surface area contributed by atoms with E-state index in [1.807, 2.05) is 0 Å². The monoisotopic (exact) mass is 255 g/mol. The second-order valence-electron chi connectivity index (χ2n) is 7.36. The Morgan fingerprint density at radius 3 is 2.11 bits per heavy atom. The Morgan fingerprint density at radius 2 is 1.61 bits per heavy atom. The first kappa shape index (κ1) is 15.9. The molecule has 1 heterocycles. The van der Waals surface area contributed by atoms with Gasteiger partial charge in [-0.25, -0.2) is 0 Å². The van der Waals surface area contributed by atoms with E-state index in [0.717, 1.165) is 19.4 Å². The molecule has 1 aliphatic heterocycles. The van der Waals surface area contributed by atoms with E-state index in [2.05, 4.69) is 33.0 Å². The van der Waals surface area contributed by atoms with Gasteiger partial charge in [0.1, 0.15) is 0 Å². The Labute approximate surface area is 113 Å². The summed E-state index contributed by atoms with van der Waals surface area (Å²) >= 11 is 0. The molecule has 0 aromatic heterocycles. The van der Waals surface area contributed by atoms with Crippen molar-refractivity contribution in [2.24, 2.45) is 17.4 Å². The minimum absolute atomic E-state index is 0.210. The molecule has 0 bridgehead atoms. The Kier molecular flexibility index (Phi) is 5.63. The molecule has 0 aromatic rings. The molecule has 1 saturated heterocycles. The standard InChI is InChI=1S/C15H33N3/c1-14(2)10-12(11-15(3,4)18-14)13(17)8-6-5-7-9-16/h12-13,18H,5-11,16-17H2,1-4H3/t13-/m0/s1. The molecule has 0 aromatic carbocycles. The fraction of sp³-hybridized carbons (Fsp3) is 1.00. The van der Waals surface area contributed by atoms with Crippen molar-refractivity contribution >= 4 is 0 Å². The largest absolute Gasteiger partial charge is 0.330 e. The zero-order chi connectivity index (χ0) is 13.8. The third-order valence-electron chi connectivity index (χ3n) is 4.07. The summed E-state index contributed by atoms with van der Waals surface area (Å²) in [6.07, 6.45) is 7.11. The number of nitrogens with one attached hydrogen (secondary N) is 1. The zero-order valence-electron chi connectivity index (χ0n) is 12.8. The van der Waals surface area contributed by atoms with Crippen LogP contribution in [0.15, 0.2) is 0 Å². The molecule has 1 fully saturated rings. The fourth-order valence-electron chi connectivity index (χ4n) is 3.64. The van der Waals surface area contributed by atoms with Gasteiger partial charge in [-0.2, -0.15) is 0 Å². The van der Waals surface area contributed by atoms with Crippen molar-refractivity contribution < 1.29 is 0 Å². The quantitative estimate of drug-likeness (QED) is 0.639. The number of nitrogens with two attached hydrogens (primary N) is 2. The van der Waals surface area contributed by atoms with Crippen LogP contribution < -0.4 is 16.8 Å². The van der Waals surface area contributed by atoms with E-state index in [1.165, 1.54) is 25.7 Å². The summed E-state index contributed by atoms with van der Waals surface area (Å²) in [5, 5.41) is 3.72. The van der Waals surface area contributed by atoms with Crippen LogP contribution >= 0.6 is 0 Å². The van der Waals surface area contributed by atoms with E-state index in [9.17, 15) is 0 Å². The van der Waals surface area contributed by atoms with E-state index in [0.29, 0.717) is 12.0 Å². The Bertz CT molecular complexity index is 232. The molecule has 5 N–H and O–H groups in total.